The van der Waals surface area contributed by atoms with Crippen molar-refractivity contribution in [2.24, 2.45) is 5.92 Å². The lowest BCUT2D eigenvalue weighted by Gasteiger charge is -2.19. The van der Waals surface area contributed by atoms with Gasteiger partial charge in [0, 0.05) is 11.4 Å². The van der Waals surface area contributed by atoms with Gasteiger partial charge in [0.25, 0.3) is 0 Å². The first-order valence-electron chi connectivity index (χ1n) is 9.05. The number of aromatic nitrogens is 4. The van der Waals surface area contributed by atoms with E-state index in [2.05, 4.69) is 30.0 Å². The molecule has 9 nitrogen and oxygen atoms in total. The van der Waals surface area contributed by atoms with Gasteiger partial charge in [0.1, 0.15) is 0 Å². The normalized spacial score (nSPS) is 13.9. The van der Waals surface area contributed by atoms with Crippen molar-refractivity contribution in [2.45, 2.75) is 43.6 Å². The topological polar surface area (TPSA) is 130 Å². The fourth-order valence-electron chi connectivity index (χ4n) is 2.50. The number of aliphatic hydroxyl groups is 1. The number of anilines is 2. The second kappa shape index (κ2) is 10.5. The van der Waals surface area contributed by atoms with Crippen molar-refractivity contribution in [1.29, 1.82) is 0 Å². The van der Waals surface area contributed by atoms with E-state index in [-0.39, 0.29) is 40.1 Å². The molecule has 166 valence electrons. The van der Waals surface area contributed by atoms with Crippen LogP contribution in [0, 0.1) is 11.7 Å². The van der Waals surface area contributed by atoms with E-state index >= 15 is 0 Å². The average Bonchev–Trinajstić information content (AvgIpc) is 2.61. The molecule has 30 heavy (non-hydrogen) atoms. The third-order valence-electron chi connectivity index (χ3n) is 3.77. The maximum atomic E-state index is 13.7. The third-order valence-corrected chi connectivity index (χ3v) is 5.62. The molecule has 2 rings (SSSR count). The van der Waals surface area contributed by atoms with Gasteiger partial charge < -0.3 is 10.4 Å². The van der Waals surface area contributed by atoms with Gasteiger partial charge in [-0.15, -0.1) is 0 Å². The number of aliphatic hydroxyl groups excluding tert-OH is 1. The second-order valence-corrected chi connectivity index (χ2v) is 10.5. The Morgan fingerprint density at radius 1 is 1.23 bits per heavy atom. The Morgan fingerprint density at radius 2 is 1.90 bits per heavy atom. The number of hydrogen-bond acceptors (Lipinski definition) is 9. The number of halogens is 2. The first-order chi connectivity index (χ1) is 14.0. The standard InChI is InChI=1S/C17H24ClFN6O3S2/c1-9(2)5-12(8-26)21-15-22-16(25-30(4,27)28)24-17(23-15)29-10(3)11-6-13(19)14(18)20-7-11/h6-7,9-10,12,26H,5,8H2,1-4H3,(H2,21,22,23,24,25)/t10-,12+/m0/s1. The molecule has 0 aromatic carbocycles. The van der Waals surface area contributed by atoms with Crippen LogP contribution in [0.1, 0.15) is 38.0 Å². The zero-order valence-corrected chi connectivity index (χ0v) is 19.3. The number of hydrogen-bond donors (Lipinski definition) is 3. The van der Waals surface area contributed by atoms with Crippen molar-refractivity contribution in [3.8, 4) is 0 Å². The van der Waals surface area contributed by atoms with Crippen LogP contribution in [0.25, 0.3) is 0 Å². The van der Waals surface area contributed by atoms with Crippen molar-refractivity contribution < 1.29 is 17.9 Å². The number of nitrogens with one attached hydrogen (secondary N) is 2. The van der Waals surface area contributed by atoms with Crippen LogP contribution in [0.4, 0.5) is 16.3 Å². The van der Waals surface area contributed by atoms with Gasteiger partial charge in [0.2, 0.25) is 21.9 Å². The molecule has 0 bridgehead atoms. The molecular formula is C17H24ClFN6O3S2. The lowest BCUT2D eigenvalue weighted by Crippen LogP contribution is -2.27. The van der Waals surface area contributed by atoms with Gasteiger partial charge >= 0.3 is 0 Å². The van der Waals surface area contributed by atoms with Crippen molar-refractivity contribution >= 4 is 45.3 Å². The largest absolute Gasteiger partial charge is 0.394 e. The summed E-state index contributed by atoms with van der Waals surface area (Å²) in [5, 5.41) is 12.3. The van der Waals surface area contributed by atoms with Gasteiger partial charge in [-0.3, -0.25) is 4.72 Å². The third kappa shape index (κ3) is 7.82. The van der Waals surface area contributed by atoms with E-state index in [1.807, 2.05) is 13.8 Å². The lowest BCUT2D eigenvalue weighted by atomic mass is 10.0. The van der Waals surface area contributed by atoms with E-state index in [4.69, 9.17) is 11.6 Å². The van der Waals surface area contributed by atoms with E-state index in [1.54, 1.807) is 6.92 Å². The number of thioether (sulfide) groups is 1. The summed E-state index contributed by atoms with van der Waals surface area (Å²) < 4.78 is 39.2. The van der Waals surface area contributed by atoms with Crippen molar-refractivity contribution in [3.05, 3.63) is 28.8 Å². The molecule has 3 N–H and O–H groups in total. The van der Waals surface area contributed by atoms with Crippen LogP contribution in [0.15, 0.2) is 17.4 Å². The maximum Gasteiger partial charge on any atom is 0.242 e. The number of nitrogens with zero attached hydrogens (tertiary/aromatic N) is 4. The molecule has 2 heterocycles. The van der Waals surface area contributed by atoms with Crippen LogP contribution < -0.4 is 10.0 Å². The molecule has 0 aliphatic carbocycles. The molecule has 2 atom stereocenters. The predicted octanol–water partition coefficient (Wildman–Crippen LogP) is 3.10. The fraction of sp³-hybridized carbons (Fsp3) is 0.529. The molecule has 13 heteroatoms. The molecule has 0 radical (unpaired) electrons. The summed E-state index contributed by atoms with van der Waals surface area (Å²) in [5.74, 6) is -0.373. The molecule has 0 saturated carbocycles. The Morgan fingerprint density at radius 3 is 2.47 bits per heavy atom. The minimum absolute atomic E-state index is 0.117. The highest BCUT2D eigenvalue weighted by molar-refractivity contribution is 7.99. The predicted molar refractivity (Wildman–Crippen MR) is 116 cm³/mol. The summed E-state index contributed by atoms with van der Waals surface area (Å²) in [7, 11) is -3.62. The minimum atomic E-state index is -3.62. The molecule has 0 aliphatic rings. The van der Waals surface area contributed by atoms with E-state index in [0.717, 1.165) is 18.0 Å². The van der Waals surface area contributed by atoms with Gasteiger partial charge in [-0.05, 0) is 30.9 Å². The first kappa shape index (κ1) is 24.5. The molecule has 0 unspecified atom stereocenters. The molecule has 0 saturated heterocycles. The lowest BCUT2D eigenvalue weighted by molar-refractivity contribution is 0.259. The summed E-state index contributed by atoms with van der Waals surface area (Å²) in [4.78, 5) is 16.3. The van der Waals surface area contributed by atoms with Crippen LogP contribution in [0.5, 0.6) is 0 Å². The number of sulfonamides is 1. The van der Waals surface area contributed by atoms with Crippen LogP contribution >= 0.6 is 23.4 Å². The summed E-state index contributed by atoms with van der Waals surface area (Å²) >= 11 is 6.79. The Labute approximate surface area is 184 Å². The highest BCUT2D eigenvalue weighted by Crippen LogP contribution is 2.34. The van der Waals surface area contributed by atoms with Crippen LogP contribution in [-0.4, -0.2) is 52.4 Å². The fourth-order valence-corrected chi connectivity index (χ4v) is 3.89. The van der Waals surface area contributed by atoms with Gasteiger partial charge in [0.15, 0.2) is 16.1 Å². The minimum Gasteiger partial charge on any atom is -0.394 e. The van der Waals surface area contributed by atoms with Gasteiger partial charge in [0.05, 0.1) is 18.9 Å². The summed E-state index contributed by atoms with van der Waals surface area (Å²) in [6.45, 7) is 5.67. The monoisotopic (exact) mass is 478 g/mol. The molecule has 0 spiro atoms. The summed E-state index contributed by atoms with van der Waals surface area (Å²) in [6, 6.07) is 0.955. The van der Waals surface area contributed by atoms with Crippen molar-refractivity contribution in [1.82, 2.24) is 19.9 Å². The maximum absolute atomic E-state index is 13.7. The zero-order chi connectivity index (χ0) is 22.5. The van der Waals surface area contributed by atoms with Gasteiger partial charge in [-0.25, -0.2) is 17.8 Å². The summed E-state index contributed by atoms with van der Waals surface area (Å²) in [5.41, 5.74) is 0.558. The average molecular weight is 479 g/mol. The highest BCUT2D eigenvalue weighted by Gasteiger charge is 2.18. The number of pyridine rings is 1. The SMILES string of the molecule is CC(C)C[C@H](CO)Nc1nc(NS(C)(=O)=O)nc(S[C@@H](C)c2cnc(Cl)c(F)c2)n1. The zero-order valence-electron chi connectivity index (χ0n) is 16.9. The Balaban J connectivity index is 2.31. The Hall–Kier alpha value is -1.76. The molecule has 0 amide bonds. The molecular weight excluding hydrogens is 455 g/mol. The van der Waals surface area contributed by atoms with E-state index in [0.29, 0.717) is 17.9 Å². The Kier molecular flexibility index (Phi) is 8.59. The smallest absolute Gasteiger partial charge is 0.242 e. The van der Waals surface area contributed by atoms with Crippen LogP contribution in [0.3, 0.4) is 0 Å². The quantitative estimate of drug-likeness (QED) is 0.348. The van der Waals surface area contributed by atoms with E-state index in [9.17, 15) is 17.9 Å². The van der Waals surface area contributed by atoms with Crippen molar-refractivity contribution in [3.63, 3.8) is 0 Å². The van der Waals surface area contributed by atoms with Gasteiger partial charge in [-0.1, -0.05) is 37.2 Å². The number of rotatable bonds is 10. The first-order valence-corrected chi connectivity index (χ1v) is 12.2. The molecule has 0 aliphatic heterocycles. The van der Waals surface area contributed by atoms with Crippen molar-refractivity contribution in [2.75, 3.05) is 22.9 Å². The molecule has 2 aromatic rings. The Bertz CT molecular complexity index is 980. The summed E-state index contributed by atoms with van der Waals surface area (Å²) in [6.07, 6.45) is 3.09. The van der Waals surface area contributed by atoms with Gasteiger partial charge in [-0.2, -0.15) is 15.0 Å². The van der Waals surface area contributed by atoms with Crippen LogP contribution in [0.2, 0.25) is 5.15 Å². The second-order valence-electron chi connectivity index (χ2n) is 7.09. The highest BCUT2D eigenvalue weighted by atomic mass is 35.5. The van der Waals surface area contributed by atoms with E-state index in [1.165, 1.54) is 12.3 Å². The molecule has 2 aromatic heterocycles. The molecule has 0 fully saturated rings. The van der Waals surface area contributed by atoms with Crippen LogP contribution in [-0.2, 0) is 10.0 Å². The van der Waals surface area contributed by atoms with E-state index < -0.39 is 15.8 Å².